The SMILES string of the molecule is CCC1CCCN1Cc1ccc(CNCC(C)C)cc1. The highest BCUT2D eigenvalue weighted by atomic mass is 15.2. The van der Waals surface area contributed by atoms with Gasteiger partial charge >= 0.3 is 0 Å². The van der Waals surface area contributed by atoms with Crippen LogP contribution < -0.4 is 5.32 Å². The van der Waals surface area contributed by atoms with Crippen LogP contribution in [0.25, 0.3) is 0 Å². The van der Waals surface area contributed by atoms with E-state index < -0.39 is 0 Å². The Bertz CT molecular complexity index is 383. The molecule has 1 fully saturated rings. The quantitative estimate of drug-likeness (QED) is 0.813. The molecular formula is C18H30N2. The summed E-state index contributed by atoms with van der Waals surface area (Å²) in [5, 5.41) is 3.50. The number of hydrogen-bond donors (Lipinski definition) is 1. The zero-order chi connectivity index (χ0) is 14.4. The van der Waals surface area contributed by atoms with E-state index in [1.54, 1.807) is 0 Å². The van der Waals surface area contributed by atoms with Crippen molar-refractivity contribution in [2.75, 3.05) is 13.1 Å². The second-order valence-corrected chi connectivity index (χ2v) is 6.52. The van der Waals surface area contributed by atoms with Gasteiger partial charge in [-0.05, 0) is 49.4 Å². The molecule has 20 heavy (non-hydrogen) atoms. The van der Waals surface area contributed by atoms with Gasteiger partial charge in [-0.2, -0.15) is 0 Å². The molecule has 0 aliphatic carbocycles. The smallest absolute Gasteiger partial charge is 0.0236 e. The van der Waals surface area contributed by atoms with Crippen molar-refractivity contribution >= 4 is 0 Å². The van der Waals surface area contributed by atoms with Crippen LogP contribution in [0.15, 0.2) is 24.3 Å². The molecule has 1 N–H and O–H groups in total. The Morgan fingerprint density at radius 1 is 1.20 bits per heavy atom. The number of nitrogens with one attached hydrogen (secondary N) is 1. The van der Waals surface area contributed by atoms with Gasteiger partial charge in [-0.3, -0.25) is 4.90 Å². The van der Waals surface area contributed by atoms with Crippen LogP contribution in [-0.4, -0.2) is 24.0 Å². The monoisotopic (exact) mass is 274 g/mol. The topological polar surface area (TPSA) is 15.3 Å². The molecule has 2 heteroatoms. The Kier molecular flexibility index (Phi) is 6.06. The maximum atomic E-state index is 3.50. The highest BCUT2D eigenvalue weighted by Crippen LogP contribution is 2.22. The molecule has 2 nitrogen and oxygen atoms in total. The third-order valence-electron chi connectivity index (χ3n) is 4.26. The van der Waals surface area contributed by atoms with Crippen molar-refractivity contribution < 1.29 is 0 Å². The normalized spacial score (nSPS) is 19.9. The standard InChI is InChI=1S/C18H30N2/c1-4-18-6-5-11-20(18)14-17-9-7-16(8-10-17)13-19-12-15(2)3/h7-10,15,18-19H,4-6,11-14H2,1-3H3. The highest BCUT2D eigenvalue weighted by molar-refractivity contribution is 5.22. The third-order valence-corrected chi connectivity index (χ3v) is 4.26. The van der Waals surface area contributed by atoms with E-state index in [4.69, 9.17) is 0 Å². The molecule has 1 unspecified atom stereocenters. The van der Waals surface area contributed by atoms with Crippen molar-refractivity contribution in [1.29, 1.82) is 0 Å². The first kappa shape index (κ1) is 15.5. The lowest BCUT2D eigenvalue weighted by Gasteiger charge is -2.23. The molecule has 1 aromatic carbocycles. The Morgan fingerprint density at radius 2 is 1.90 bits per heavy atom. The molecule has 1 aromatic rings. The third kappa shape index (κ3) is 4.60. The van der Waals surface area contributed by atoms with E-state index in [0.717, 1.165) is 31.6 Å². The van der Waals surface area contributed by atoms with Gasteiger partial charge in [0.05, 0.1) is 0 Å². The average Bonchev–Trinajstić information content (AvgIpc) is 2.87. The summed E-state index contributed by atoms with van der Waals surface area (Å²) in [5.74, 6) is 0.718. The van der Waals surface area contributed by atoms with E-state index in [9.17, 15) is 0 Å². The van der Waals surface area contributed by atoms with Crippen LogP contribution in [0.5, 0.6) is 0 Å². The van der Waals surface area contributed by atoms with Crippen LogP contribution in [-0.2, 0) is 13.1 Å². The fourth-order valence-corrected chi connectivity index (χ4v) is 3.07. The molecule has 1 aliphatic heterocycles. The number of nitrogens with zero attached hydrogens (tertiary/aromatic N) is 1. The van der Waals surface area contributed by atoms with Crippen molar-refractivity contribution in [2.45, 2.75) is 59.2 Å². The van der Waals surface area contributed by atoms with Gasteiger partial charge in [0, 0.05) is 19.1 Å². The summed E-state index contributed by atoms with van der Waals surface area (Å²) in [6.45, 7) is 11.3. The zero-order valence-corrected chi connectivity index (χ0v) is 13.4. The van der Waals surface area contributed by atoms with E-state index >= 15 is 0 Å². The molecule has 2 rings (SSSR count). The Balaban J connectivity index is 1.82. The Labute approximate surface area is 124 Å². The van der Waals surface area contributed by atoms with Gasteiger partial charge in [-0.15, -0.1) is 0 Å². The van der Waals surface area contributed by atoms with Gasteiger partial charge in [0.1, 0.15) is 0 Å². The van der Waals surface area contributed by atoms with Crippen LogP contribution >= 0.6 is 0 Å². The maximum absolute atomic E-state index is 3.50. The summed E-state index contributed by atoms with van der Waals surface area (Å²) in [6.07, 6.45) is 4.04. The maximum Gasteiger partial charge on any atom is 0.0236 e. The molecule has 0 amide bonds. The first-order valence-corrected chi connectivity index (χ1v) is 8.21. The van der Waals surface area contributed by atoms with Crippen LogP contribution in [0.2, 0.25) is 0 Å². The molecule has 0 saturated carbocycles. The van der Waals surface area contributed by atoms with Gasteiger partial charge < -0.3 is 5.32 Å². The van der Waals surface area contributed by atoms with E-state index in [0.29, 0.717) is 0 Å². The largest absolute Gasteiger partial charge is 0.312 e. The summed E-state index contributed by atoms with van der Waals surface area (Å²) in [4.78, 5) is 2.64. The van der Waals surface area contributed by atoms with Crippen molar-refractivity contribution in [1.82, 2.24) is 10.2 Å². The number of rotatable bonds is 7. The molecule has 1 aliphatic rings. The molecule has 1 atom stereocenters. The highest BCUT2D eigenvalue weighted by Gasteiger charge is 2.22. The fourth-order valence-electron chi connectivity index (χ4n) is 3.07. The van der Waals surface area contributed by atoms with Crippen molar-refractivity contribution in [3.63, 3.8) is 0 Å². The molecular weight excluding hydrogens is 244 g/mol. The summed E-state index contributed by atoms with van der Waals surface area (Å²) in [5.41, 5.74) is 2.85. The summed E-state index contributed by atoms with van der Waals surface area (Å²) in [7, 11) is 0. The van der Waals surface area contributed by atoms with Gasteiger partial charge in [-0.1, -0.05) is 45.0 Å². The van der Waals surface area contributed by atoms with E-state index in [1.165, 1.54) is 36.9 Å². The van der Waals surface area contributed by atoms with Crippen LogP contribution in [0, 0.1) is 5.92 Å². The molecule has 112 valence electrons. The average molecular weight is 274 g/mol. The summed E-state index contributed by atoms with van der Waals surface area (Å²) < 4.78 is 0. The van der Waals surface area contributed by atoms with Crippen molar-refractivity contribution in [3.05, 3.63) is 35.4 Å². The van der Waals surface area contributed by atoms with Gasteiger partial charge in [0.25, 0.3) is 0 Å². The lowest BCUT2D eigenvalue weighted by Crippen LogP contribution is -2.28. The van der Waals surface area contributed by atoms with Gasteiger partial charge in [-0.25, -0.2) is 0 Å². The van der Waals surface area contributed by atoms with E-state index in [1.807, 2.05) is 0 Å². The van der Waals surface area contributed by atoms with Crippen molar-refractivity contribution in [2.24, 2.45) is 5.92 Å². The second-order valence-electron chi connectivity index (χ2n) is 6.52. The molecule has 0 radical (unpaired) electrons. The Hall–Kier alpha value is -0.860. The molecule has 1 saturated heterocycles. The first-order valence-electron chi connectivity index (χ1n) is 8.21. The van der Waals surface area contributed by atoms with Crippen molar-refractivity contribution in [3.8, 4) is 0 Å². The van der Waals surface area contributed by atoms with Crippen LogP contribution in [0.3, 0.4) is 0 Å². The first-order chi connectivity index (χ1) is 9.69. The number of likely N-dealkylation sites (tertiary alicyclic amines) is 1. The van der Waals surface area contributed by atoms with E-state index in [-0.39, 0.29) is 0 Å². The second kappa shape index (κ2) is 7.80. The number of benzene rings is 1. The van der Waals surface area contributed by atoms with Crippen LogP contribution in [0.1, 0.15) is 51.2 Å². The summed E-state index contributed by atoms with van der Waals surface area (Å²) >= 11 is 0. The van der Waals surface area contributed by atoms with Gasteiger partial charge in [0.15, 0.2) is 0 Å². The lowest BCUT2D eigenvalue weighted by atomic mass is 10.1. The van der Waals surface area contributed by atoms with Gasteiger partial charge in [0.2, 0.25) is 0 Å². The minimum Gasteiger partial charge on any atom is -0.312 e. The molecule has 1 heterocycles. The molecule has 0 bridgehead atoms. The zero-order valence-electron chi connectivity index (χ0n) is 13.4. The predicted molar refractivity (Wildman–Crippen MR) is 86.7 cm³/mol. The Morgan fingerprint density at radius 3 is 2.55 bits per heavy atom. The minimum atomic E-state index is 0.718. The van der Waals surface area contributed by atoms with Crippen LogP contribution in [0.4, 0.5) is 0 Å². The van der Waals surface area contributed by atoms with E-state index in [2.05, 4.69) is 55.3 Å². The fraction of sp³-hybridized carbons (Fsp3) is 0.667. The molecule has 0 spiro atoms. The lowest BCUT2D eigenvalue weighted by molar-refractivity contribution is 0.240. The number of hydrogen-bond acceptors (Lipinski definition) is 2. The molecule has 0 aromatic heterocycles. The summed E-state index contributed by atoms with van der Waals surface area (Å²) in [6, 6.07) is 9.97. The minimum absolute atomic E-state index is 0.718. The predicted octanol–water partition coefficient (Wildman–Crippen LogP) is 3.81.